The van der Waals surface area contributed by atoms with Crippen molar-refractivity contribution in [2.24, 2.45) is 0 Å². The van der Waals surface area contributed by atoms with Crippen LogP contribution in [-0.2, 0) is 11.2 Å². The van der Waals surface area contributed by atoms with Crippen LogP contribution < -0.4 is 5.32 Å². The highest BCUT2D eigenvalue weighted by Crippen LogP contribution is 2.17. The molecule has 4 nitrogen and oxygen atoms in total. The van der Waals surface area contributed by atoms with Crippen LogP contribution in [0.4, 0.5) is 5.82 Å². The molecule has 0 saturated carbocycles. The van der Waals surface area contributed by atoms with Gasteiger partial charge >= 0.3 is 0 Å². The standard InChI is InChI=1S/C15H12BrN3O/c16-13-4-2-1-3-12(13)6-8-15(20)19-14-7-5-11(9-17)10-18-14/h1-5,7,10H,6,8H2,(H,18,19,20). The zero-order valence-electron chi connectivity index (χ0n) is 10.6. The average Bonchev–Trinajstić information content (AvgIpc) is 2.47. The van der Waals surface area contributed by atoms with Crippen LogP contribution in [0.3, 0.4) is 0 Å². The van der Waals surface area contributed by atoms with Gasteiger partial charge in [-0.2, -0.15) is 5.26 Å². The van der Waals surface area contributed by atoms with E-state index in [9.17, 15) is 4.79 Å². The fourth-order valence-electron chi connectivity index (χ4n) is 1.69. The second-order valence-corrected chi connectivity index (χ2v) is 5.04. The van der Waals surface area contributed by atoms with Gasteiger partial charge in [0, 0.05) is 17.1 Å². The van der Waals surface area contributed by atoms with Crippen molar-refractivity contribution in [3.63, 3.8) is 0 Å². The van der Waals surface area contributed by atoms with Gasteiger partial charge in [-0.15, -0.1) is 0 Å². The molecule has 0 aliphatic heterocycles. The van der Waals surface area contributed by atoms with E-state index in [0.717, 1.165) is 10.0 Å². The van der Waals surface area contributed by atoms with Gasteiger partial charge in [-0.1, -0.05) is 34.1 Å². The van der Waals surface area contributed by atoms with Gasteiger partial charge < -0.3 is 5.32 Å². The van der Waals surface area contributed by atoms with Crippen molar-refractivity contribution in [2.75, 3.05) is 5.32 Å². The fourth-order valence-corrected chi connectivity index (χ4v) is 2.17. The van der Waals surface area contributed by atoms with Gasteiger partial charge in [0.15, 0.2) is 0 Å². The van der Waals surface area contributed by atoms with Crippen LogP contribution in [0, 0.1) is 11.3 Å². The van der Waals surface area contributed by atoms with E-state index in [2.05, 4.69) is 26.2 Å². The average molecular weight is 330 g/mol. The number of hydrogen-bond donors (Lipinski definition) is 1. The smallest absolute Gasteiger partial charge is 0.225 e. The molecule has 0 fully saturated rings. The lowest BCUT2D eigenvalue weighted by atomic mass is 10.1. The molecule has 100 valence electrons. The van der Waals surface area contributed by atoms with E-state index in [1.54, 1.807) is 12.1 Å². The first-order chi connectivity index (χ1) is 9.69. The largest absolute Gasteiger partial charge is 0.311 e. The quantitative estimate of drug-likeness (QED) is 0.935. The highest BCUT2D eigenvalue weighted by Gasteiger charge is 2.06. The summed E-state index contributed by atoms with van der Waals surface area (Å²) in [5.74, 6) is 0.360. The molecular formula is C15H12BrN3O. The van der Waals surface area contributed by atoms with Gasteiger partial charge in [-0.3, -0.25) is 4.79 Å². The molecular weight excluding hydrogens is 318 g/mol. The van der Waals surface area contributed by atoms with Crippen molar-refractivity contribution in [1.29, 1.82) is 5.26 Å². The molecule has 0 saturated heterocycles. The first kappa shape index (κ1) is 14.2. The fraction of sp³-hybridized carbons (Fsp3) is 0.133. The minimum atomic E-state index is -0.0991. The minimum Gasteiger partial charge on any atom is -0.311 e. The van der Waals surface area contributed by atoms with E-state index in [1.165, 1.54) is 6.20 Å². The number of anilines is 1. The summed E-state index contributed by atoms with van der Waals surface area (Å²) in [6, 6.07) is 13.0. The van der Waals surface area contributed by atoms with Gasteiger partial charge in [0.2, 0.25) is 5.91 Å². The molecule has 2 aromatic rings. The van der Waals surface area contributed by atoms with Crippen LogP contribution in [0.5, 0.6) is 0 Å². The topological polar surface area (TPSA) is 65.8 Å². The van der Waals surface area contributed by atoms with Crippen molar-refractivity contribution in [3.8, 4) is 6.07 Å². The zero-order valence-corrected chi connectivity index (χ0v) is 12.2. The number of carbonyl (C=O) groups excluding carboxylic acids is 1. The number of nitrogens with one attached hydrogen (secondary N) is 1. The Morgan fingerprint density at radius 2 is 2.10 bits per heavy atom. The molecule has 0 aliphatic carbocycles. The lowest BCUT2D eigenvalue weighted by molar-refractivity contribution is -0.116. The maximum Gasteiger partial charge on any atom is 0.225 e. The molecule has 0 aliphatic rings. The summed E-state index contributed by atoms with van der Waals surface area (Å²) in [5.41, 5.74) is 1.56. The summed E-state index contributed by atoms with van der Waals surface area (Å²) < 4.78 is 1.00. The zero-order chi connectivity index (χ0) is 14.4. The Morgan fingerprint density at radius 3 is 2.75 bits per heavy atom. The Kier molecular flexibility index (Phi) is 4.85. The van der Waals surface area contributed by atoms with Gasteiger partial charge in [-0.25, -0.2) is 4.98 Å². The molecule has 1 heterocycles. The molecule has 1 amide bonds. The van der Waals surface area contributed by atoms with Gasteiger partial charge in [0.05, 0.1) is 5.56 Å². The Labute approximate surface area is 125 Å². The first-order valence-electron chi connectivity index (χ1n) is 6.08. The number of aromatic nitrogens is 1. The third-order valence-corrected chi connectivity index (χ3v) is 3.51. The lowest BCUT2D eigenvalue weighted by Gasteiger charge is -2.05. The molecule has 0 radical (unpaired) electrons. The number of pyridine rings is 1. The predicted octanol–water partition coefficient (Wildman–Crippen LogP) is 3.29. The highest BCUT2D eigenvalue weighted by molar-refractivity contribution is 9.10. The maximum absolute atomic E-state index is 11.8. The van der Waals surface area contributed by atoms with Crippen molar-refractivity contribution in [3.05, 3.63) is 58.2 Å². The number of hydrogen-bond acceptors (Lipinski definition) is 3. The summed E-state index contributed by atoms with van der Waals surface area (Å²) in [7, 11) is 0. The summed E-state index contributed by atoms with van der Waals surface area (Å²) in [4.78, 5) is 15.8. The third kappa shape index (κ3) is 3.90. The number of rotatable bonds is 4. The van der Waals surface area contributed by atoms with Crippen LogP contribution >= 0.6 is 15.9 Å². The highest BCUT2D eigenvalue weighted by atomic mass is 79.9. The van der Waals surface area contributed by atoms with Crippen LogP contribution in [0.25, 0.3) is 0 Å². The normalized spacial score (nSPS) is 9.80. The molecule has 1 N–H and O–H groups in total. The molecule has 5 heteroatoms. The van der Waals surface area contributed by atoms with E-state index >= 15 is 0 Å². The number of halogens is 1. The maximum atomic E-state index is 11.8. The summed E-state index contributed by atoms with van der Waals surface area (Å²) in [6.45, 7) is 0. The van der Waals surface area contributed by atoms with Crippen LogP contribution in [0.15, 0.2) is 47.1 Å². The molecule has 20 heavy (non-hydrogen) atoms. The predicted molar refractivity (Wildman–Crippen MR) is 80.0 cm³/mol. The Balaban J connectivity index is 1.89. The Bertz CT molecular complexity index is 647. The Hall–Kier alpha value is -2.19. The molecule has 0 spiro atoms. The van der Waals surface area contributed by atoms with Crippen LogP contribution in [0.2, 0.25) is 0 Å². The number of nitriles is 1. The molecule has 0 unspecified atom stereocenters. The summed E-state index contributed by atoms with van der Waals surface area (Å²) >= 11 is 3.45. The summed E-state index contributed by atoms with van der Waals surface area (Å²) in [5, 5.41) is 11.4. The van der Waals surface area contributed by atoms with Gasteiger partial charge in [0.1, 0.15) is 11.9 Å². The molecule has 1 aromatic heterocycles. The molecule has 1 aromatic carbocycles. The van der Waals surface area contributed by atoms with Gasteiger partial charge in [-0.05, 0) is 30.2 Å². The van der Waals surface area contributed by atoms with E-state index in [4.69, 9.17) is 5.26 Å². The first-order valence-corrected chi connectivity index (χ1v) is 6.88. The monoisotopic (exact) mass is 329 g/mol. The number of benzene rings is 1. The van der Waals surface area contributed by atoms with E-state index in [-0.39, 0.29) is 5.91 Å². The molecule has 0 atom stereocenters. The van der Waals surface area contributed by atoms with Crippen LogP contribution in [0.1, 0.15) is 17.5 Å². The van der Waals surface area contributed by atoms with Crippen molar-refractivity contribution in [1.82, 2.24) is 4.98 Å². The number of carbonyl (C=O) groups is 1. The van der Waals surface area contributed by atoms with Crippen LogP contribution in [-0.4, -0.2) is 10.9 Å². The molecule has 2 rings (SSSR count). The van der Waals surface area contributed by atoms with Crippen molar-refractivity contribution in [2.45, 2.75) is 12.8 Å². The summed E-state index contributed by atoms with van der Waals surface area (Å²) in [6.07, 6.45) is 2.47. The van der Waals surface area contributed by atoms with Gasteiger partial charge in [0.25, 0.3) is 0 Å². The number of aryl methyl sites for hydroxylation is 1. The lowest BCUT2D eigenvalue weighted by Crippen LogP contribution is -2.13. The van der Waals surface area contributed by atoms with Crippen molar-refractivity contribution >= 4 is 27.7 Å². The second kappa shape index (κ2) is 6.83. The third-order valence-electron chi connectivity index (χ3n) is 2.74. The molecule has 0 bridgehead atoms. The van der Waals surface area contributed by atoms with E-state index in [0.29, 0.717) is 24.2 Å². The van der Waals surface area contributed by atoms with Crippen molar-refractivity contribution < 1.29 is 4.79 Å². The van der Waals surface area contributed by atoms with E-state index < -0.39 is 0 Å². The number of nitrogens with zero attached hydrogens (tertiary/aromatic N) is 2. The number of amides is 1. The second-order valence-electron chi connectivity index (χ2n) is 4.18. The minimum absolute atomic E-state index is 0.0991. The SMILES string of the molecule is N#Cc1ccc(NC(=O)CCc2ccccc2Br)nc1. The Morgan fingerprint density at radius 1 is 1.30 bits per heavy atom. The van der Waals surface area contributed by atoms with E-state index in [1.807, 2.05) is 30.3 Å².